The molecule has 0 aromatic heterocycles. The molecule has 0 amide bonds. The SMILES string of the molecule is CCCOc1ccc(C(Br)C(C)(C)C)cc1Br. The van der Waals surface area contributed by atoms with Crippen LogP contribution in [0.15, 0.2) is 22.7 Å². The van der Waals surface area contributed by atoms with Crippen molar-refractivity contribution in [2.45, 2.75) is 38.9 Å². The summed E-state index contributed by atoms with van der Waals surface area (Å²) in [5, 5.41) is 0. The van der Waals surface area contributed by atoms with Crippen molar-refractivity contribution < 1.29 is 4.74 Å². The summed E-state index contributed by atoms with van der Waals surface area (Å²) < 4.78 is 6.67. The third-order valence-corrected chi connectivity index (χ3v) is 4.99. The van der Waals surface area contributed by atoms with E-state index in [0.29, 0.717) is 4.83 Å². The highest BCUT2D eigenvalue weighted by molar-refractivity contribution is 9.10. The molecule has 0 radical (unpaired) electrons. The Morgan fingerprint density at radius 3 is 2.41 bits per heavy atom. The first-order chi connectivity index (χ1) is 7.86. The second-order valence-corrected chi connectivity index (χ2v) is 7.04. The summed E-state index contributed by atoms with van der Waals surface area (Å²) >= 11 is 7.32. The molecule has 0 aliphatic heterocycles. The number of rotatable bonds is 4. The lowest BCUT2D eigenvalue weighted by Crippen LogP contribution is -2.12. The Labute approximate surface area is 121 Å². The zero-order valence-corrected chi connectivity index (χ0v) is 14.1. The molecule has 96 valence electrons. The number of halogens is 2. The quantitative estimate of drug-likeness (QED) is 0.621. The number of alkyl halides is 1. The van der Waals surface area contributed by atoms with Crippen molar-refractivity contribution in [1.29, 1.82) is 0 Å². The third-order valence-electron chi connectivity index (χ3n) is 2.47. The van der Waals surface area contributed by atoms with E-state index in [0.717, 1.165) is 23.2 Å². The lowest BCUT2D eigenvalue weighted by molar-refractivity contribution is 0.315. The maximum absolute atomic E-state index is 5.64. The Hall–Kier alpha value is -0.0200. The average molecular weight is 364 g/mol. The normalized spacial score (nSPS) is 13.5. The van der Waals surface area contributed by atoms with E-state index in [1.165, 1.54) is 5.56 Å². The van der Waals surface area contributed by atoms with Crippen LogP contribution in [0.25, 0.3) is 0 Å². The van der Waals surface area contributed by atoms with Gasteiger partial charge in [-0.1, -0.05) is 49.7 Å². The van der Waals surface area contributed by atoms with Crippen LogP contribution in [0.4, 0.5) is 0 Å². The lowest BCUT2D eigenvalue weighted by Gasteiger charge is -2.26. The lowest BCUT2D eigenvalue weighted by atomic mass is 9.88. The Bertz CT molecular complexity index is 369. The van der Waals surface area contributed by atoms with Crippen molar-refractivity contribution in [3.63, 3.8) is 0 Å². The average Bonchev–Trinajstić information content (AvgIpc) is 2.25. The molecule has 0 N–H and O–H groups in total. The van der Waals surface area contributed by atoms with Crippen molar-refractivity contribution in [3.8, 4) is 5.75 Å². The van der Waals surface area contributed by atoms with Gasteiger partial charge >= 0.3 is 0 Å². The fourth-order valence-corrected chi connectivity index (χ4v) is 2.30. The summed E-state index contributed by atoms with van der Waals surface area (Å²) in [5.41, 5.74) is 1.47. The van der Waals surface area contributed by atoms with E-state index in [-0.39, 0.29) is 5.41 Å². The highest BCUT2D eigenvalue weighted by atomic mass is 79.9. The molecule has 17 heavy (non-hydrogen) atoms. The molecule has 1 rings (SSSR count). The van der Waals surface area contributed by atoms with Crippen LogP contribution < -0.4 is 4.74 Å². The van der Waals surface area contributed by atoms with Gasteiger partial charge in [-0.15, -0.1) is 0 Å². The van der Waals surface area contributed by atoms with Crippen LogP contribution in [0.3, 0.4) is 0 Å². The second kappa shape index (κ2) is 6.24. The molecule has 0 fully saturated rings. The standard InChI is InChI=1S/C14H20Br2O/c1-5-8-17-12-7-6-10(9-11(12)15)13(16)14(2,3)4/h6-7,9,13H,5,8H2,1-4H3. The van der Waals surface area contributed by atoms with Gasteiger partial charge in [0.15, 0.2) is 0 Å². The van der Waals surface area contributed by atoms with Crippen LogP contribution in [0.5, 0.6) is 5.75 Å². The summed E-state index contributed by atoms with van der Waals surface area (Å²) in [6.07, 6.45) is 1.03. The fourth-order valence-electron chi connectivity index (χ4n) is 1.50. The molecule has 1 aromatic carbocycles. The molecule has 1 unspecified atom stereocenters. The summed E-state index contributed by atoms with van der Waals surface area (Å²) in [6.45, 7) is 9.54. The Kier molecular flexibility index (Phi) is 5.52. The van der Waals surface area contributed by atoms with Gasteiger partial charge in [-0.2, -0.15) is 0 Å². The van der Waals surface area contributed by atoms with Crippen LogP contribution >= 0.6 is 31.9 Å². The molecule has 1 aromatic rings. The minimum atomic E-state index is 0.200. The first kappa shape index (κ1) is 15.0. The first-order valence-electron chi connectivity index (χ1n) is 5.92. The van der Waals surface area contributed by atoms with E-state index < -0.39 is 0 Å². The maximum atomic E-state index is 5.64. The predicted octanol–water partition coefficient (Wildman–Crippen LogP) is 5.72. The largest absolute Gasteiger partial charge is 0.492 e. The van der Waals surface area contributed by atoms with Gasteiger partial charge in [0.05, 0.1) is 11.1 Å². The molecule has 0 heterocycles. The fraction of sp³-hybridized carbons (Fsp3) is 0.571. The monoisotopic (exact) mass is 362 g/mol. The van der Waals surface area contributed by atoms with Gasteiger partial charge in [0.2, 0.25) is 0 Å². The van der Waals surface area contributed by atoms with Gasteiger partial charge in [0.1, 0.15) is 5.75 Å². The first-order valence-corrected chi connectivity index (χ1v) is 7.63. The van der Waals surface area contributed by atoms with Crippen molar-refractivity contribution in [2.75, 3.05) is 6.61 Å². The number of hydrogen-bond acceptors (Lipinski definition) is 1. The zero-order valence-electron chi connectivity index (χ0n) is 10.9. The molecule has 0 aliphatic carbocycles. The van der Waals surface area contributed by atoms with Crippen LogP contribution in [-0.4, -0.2) is 6.61 Å². The summed E-state index contributed by atoms with van der Waals surface area (Å²) in [6, 6.07) is 6.30. The minimum Gasteiger partial charge on any atom is -0.492 e. The van der Waals surface area contributed by atoms with E-state index in [9.17, 15) is 0 Å². The van der Waals surface area contributed by atoms with Crippen molar-refractivity contribution in [2.24, 2.45) is 5.41 Å². The molecule has 1 atom stereocenters. The van der Waals surface area contributed by atoms with Crippen LogP contribution in [0, 0.1) is 5.41 Å². The van der Waals surface area contributed by atoms with Crippen LogP contribution in [0.2, 0.25) is 0 Å². The van der Waals surface area contributed by atoms with Gasteiger partial charge in [0, 0.05) is 4.83 Å². The Balaban J connectivity index is 2.89. The van der Waals surface area contributed by atoms with Crippen LogP contribution in [0.1, 0.15) is 44.5 Å². The molecule has 0 saturated carbocycles. The van der Waals surface area contributed by atoms with Crippen molar-refractivity contribution >= 4 is 31.9 Å². The number of ether oxygens (including phenoxy) is 1. The van der Waals surface area contributed by atoms with Crippen molar-refractivity contribution in [1.82, 2.24) is 0 Å². The predicted molar refractivity (Wildman–Crippen MR) is 81.1 cm³/mol. The molecule has 0 bridgehead atoms. The summed E-state index contributed by atoms with van der Waals surface area (Å²) in [7, 11) is 0. The van der Waals surface area contributed by atoms with E-state index >= 15 is 0 Å². The highest BCUT2D eigenvalue weighted by Crippen LogP contribution is 2.41. The molecular weight excluding hydrogens is 344 g/mol. The minimum absolute atomic E-state index is 0.200. The van der Waals surface area contributed by atoms with E-state index in [1.807, 2.05) is 6.07 Å². The zero-order chi connectivity index (χ0) is 13.1. The van der Waals surface area contributed by atoms with Crippen LogP contribution in [-0.2, 0) is 0 Å². The van der Waals surface area contributed by atoms with Gasteiger partial charge in [0.25, 0.3) is 0 Å². The third kappa shape index (κ3) is 4.29. The number of benzene rings is 1. The van der Waals surface area contributed by atoms with Gasteiger partial charge < -0.3 is 4.74 Å². The Morgan fingerprint density at radius 1 is 1.29 bits per heavy atom. The van der Waals surface area contributed by atoms with E-state index in [2.05, 4.69) is 71.7 Å². The van der Waals surface area contributed by atoms with Gasteiger partial charge in [-0.25, -0.2) is 0 Å². The molecule has 3 heteroatoms. The topological polar surface area (TPSA) is 9.23 Å². The van der Waals surface area contributed by atoms with Gasteiger partial charge in [-0.05, 0) is 45.5 Å². The molecule has 0 spiro atoms. The molecule has 0 saturated heterocycles. The second-order valence-electron chi connectivity index (χ2n) is 5.27. The Morgan fingerprint density at radius 2 is 1.94 bits per heavy atom. The summed E-state index contributed by atoms with van der Waals surface area (Å²) in [4.78, 5) is 0.339. The molecule has 1 nitrogen and oxygen atoms in total. The van der Waals surface area contributed by atoms with Gasteiger partial charge in [-0.3, -0.25) is 0 Å². The smallest absolute Gasteiger partial charge is 0.133 e. The van der Waals surface area contributed by atoms with Crippen molar-refractivity contribution in [3.05, 3.63) is 28.2 Å². The van der Waals surface area contributed by atoms with E-state index in [1.54, 1.807) is 0 Å². The molecular formula is C14H20Br2O. The summed E-state index contributed by atoms with van der Waals surface area (Å²) in [5.74, 6) is 0.921. The number of hydrogen-bond donors (Lipinski definition) is 0. The maximum Gasteiger partial charge on any atom is 0.133 e. The van der Waals surface area contributed by atoms with E-state index in [4.69, 9.17) is 4.74 Å². The highest BCUT2D eigenvalue weighted by Gasteiger charge is 2.23. The molecule has 0 aliphatic rings.